The minimum absolute atomic E-state index is 0.212. The summed E-state index contributed by atoms with van der Waals surface area (Å²) in [5.74, 6) is 0. The zero-order valence-corrected chi connectivity index (χ0v) is 8.19. The molecule has 3 heteroatoms. The first-order valence-electron chi connectivity index (χ1n) is 5.10. The lowest BCUT2D eigenvalue weighted by Crippen LogP contribution is -2.44. The fraction of sp³-hybridized carbons (Fsp3) is 0.455. The molecule has 0 bridgehead atoms. The van der Waals surface area contributed by atoms with Crippen LogP contribution in [-0.2, 0) is 0 Å². The number of rotatable bonds is 2. The maximum Gasteiger partial charge on any atom is 0.0495 e. The molecular weight excluding hydrogens is 176 g/mol. The van der Waals surface area contributed by atoms with E-state index in [0.717, 1.165) is 25.9 Å². The molecule has 76 valence electrons. The first-order chi connectivity index (χ1) is 6.90. The molecule has 1 aromatic rings. The first kappa shape index (κ1) is 9.49. The van der Waals surface area contributed by atoms with Crippen molar-refractivity contribution in [2.45, 2.75) is 18.9 Å². The summed E-state index contributed by atoms with van der Waals surface area (Å²) >= 11 is 0. The van der Waals surface area contributed by atoms with Gasteiger partial charge in [-0.15, -0.1) is 0 Å². The lowest BCUT2D eigenvalue weighted by molar-refractivity contribution is 0.117. The van der Waals surface area contributed by atoms with E-state index in [9.17, 15) is 0 Å². The van der Waals surface area contributed by atoms with E-state index >= 15 is 0 Å². The van der Waals surface area contributed by atoms with Crippen molar-refractivity contribution in [2.75, 3.05) is 18.0 Å². The standard InChI is InChI=1S/C11H16N2O/c14-12-10-5-4-8-13(9-10)11-6-2-1-3-7-11/h1-3,6-7,10,12,14H,4-5,8-9H2. The zero-order chi connectivity index (χ0) is 9.80. The van der Waals surface area contributed by atoms with Crippen LogP contribution in [0.4, 0.5) is 5.69 Å². The maximum atomic E-state index is 8.88. The molecule has 1 heterocycles. The lowest BCUT2D eigenvalue weighted by atomic mass is 10.1. The Hall–Kier alpha value is -1.06. The highest BCUT2D eigenvalue weighted by atomic mass is 16.5. The van der Waals surface area contributed by atoms with Crippen molar-refractivity contribution in [2.24, 2.45) is 0 Å². The average molecular weight is 192 g/mol. The topological polar surface area (TPSA) is 35.5 Å². The molecule has 0 spiro atoms. The highest BCUT2D eigenvalue weighted by molar-refractivity contribution is 5.46. The Kier molecular flexibility index (Phi) is 3.01. The van der Waals surface area contributed by atoms with Gasteiger partial charge in [-0.1, -0.05) is 18.2 Å². The van der Waals surface area contributed by atoms with E-state index in [-0.39, 0.29) is 6.04 Å². The summed E-state index contributed by atoms with van der Waals surface area (Å²) in [6.45, 7) is 1.97. The van der Waals surface area contributed by atoms with E-state index < -0.39 is 0 Å². The highest BCUT2D eigenvalue weighted by Crippen LogP contribution is 2.18. The molecule has 1 aromatic carbocycles. The fourth-order valence-electron chi connectivity index (χ4n) is 1.96. The summed E-state index contributed by atoms with van der Waals surface area (Å²) in [6.07, 6.45) is 2.19. The number of nitrogens with zero attached hydrogens (tertiary/aromatic N) is 1. The third-order valence-corrected chi connectivity index (χ3v) is 2.73. The summed E-state index contributed by atoms with van der Waals surface area (Å²) in [7, 11) is 0. The number of nitrogens with one attached hydrogen (secondary N) is 1. The highest BCUT2D eigenvalue weighted by Gasteiger charge is 2.18. The molecule has 0 aliphatic carbocycles. The maximum absolute atomic E-state index is 8.88. The van der Waals surface area contributed by atoms with Crippen LogP contribution in [0, 0.1) is 0 Å². The second-order valence-corrected chi connectivity index (χ2v) is 3.75. The van der Waals surface area contributed by atoms with E-state index in [1.807, 2.05) is 18.2 Å². The lowest BCUT2D eigenvalue weighted by Gasteiger charge is -2.33. The third kappa shape index (κ3) is 2.05. The van der Waals surface area contributed by atoms with E-state index in [4.69, 9.17) is 5.21 Å². The van der Waals surface area contributed by atoms with Gasteiger partial charge < -0.3 is 10.1 Å². The molecule has 3 nitrogen and oxygen atoms in total. The predicted molar refractivity (Wildman–Crippen MR) is 56.6 cm³/mol. The summed E-state index contributed by atoms with van der Waals surface area (Å²) in [5.41, 5.74) is 3.60. The number of benzene rings is 1. The molecule has 1 fully saturated rings. The second kappa shape index (κ2) is 4.44. The summed E-state index contributed by atoms with van der Waals surface area (Å²) in [4.78, 5) is 2.30. The van der Waals surface area contributed by atoms with Gasteiger partial charge in [0, 0.05) is 24.8 Å². The van der Waals surface area contributed by atoms with E-state index in [1.54, 1.807) is 0 Å². The number of hydrogen-bond donors (Lipinski definition) is 2. The zero-order valence-electron chi connectivity index (χ0n) is 8.19. The summed E-state index contributed by atoms with van der Waals surface area (Å²) < 4.78 is 0. The molecule has 0 saturated carbocycles. The summed E-state index contributed by atoms with van der Waals surface area (Å²) in [6, 6.07) is 10.6. The number of hydrogen-bond acceptors (Lipinski definition) is 3. The average Bonchev–Trinajstić information content (AvgIpc) is 2.30. The van der Waals surface area contributed by atoms with Crippen LogP contribution in [0.15, 0.2) is 30.3 Å². The van der Waals surface area contributed by atoms with Crippen molar-refractivity contribution < 1.29 is 5.21 Å². The molecule has 2 rings (SSSR count). The molecule has 0 aromatic heterocycles. The van der Waals surface area contributed by atoms with Crippen LogP contribution in [0.2, 0.25) is 0 Å². The quantitative estimate of drug-likeness (QED) is 0.699. The van der Waals surface area contributed by atoms with Crippen molar-refractivity contribution in [1.82, 2.24) is 5.48 Å². The van der Waals surface area contributed by atoms with Crippen LogP contribution < -0.4 is 10.4 Å². The molecule has 1 aliphatic rings. The number of hydroxylamine groups is 1. The fourth-order valence-corrected chi connectivity index (χ4v) is 1.96. The van der Waals surface area contributed by atoms with Gasteiger partial charge in [0.05, 0.1) is 0 Å². The Morgan fingerprint density at radius 2 is 2.07 bits per heavy atom. The first-order valence-corrected chi connectivity index (χ1v) is 5.10. The van der Waals surface area contributed by atoms with Gasteiger partial charge in [-0.3, -0.25) is 0 Å². The minimum Gasteiger partial charge on any atom is -0.370 e. The molecule has 1 unspecified atom stereocenters. The van der Waals surface area contributed by atoms with Crippen molar-refractivity contribution in [3.8, 4) is 0 Å². The minimum atomic E-state index is 0.212. The van der Waals surface area contributed by atoms with Gasteiger partial charge in [-0.05, 0) is 25.0 Å². The van der Waals surface area contributed by atoms with Crippen LogP contribution >= 0.6 is 0 Å². The largest absolute Gasteiger partial charge is 0.370 e. The van der Waals surface area contributed by atoms with Crippen molar-refractivity contribution in [3.63, 3.8) is 0 Å². The summed E-state index contributed by atoms with van der Waals surface area (Å²) in [5, 5.41) is 8.88. The van der Waals surface area contributed by atoms with Crippen LogP contribution in [0.1, 0.15) is 12.8 Å². The molecule has 0 amide bonds. The molecule has 14 heavy (non-hydrogen) atoms. The van der Waals surface area contributed by atoms with Crippen LogP contribution in [0.25, 0.3) is 0 Å². The van der Waals surface area contributed by atoms with Crippen LogP contribution in [0.3, 0.4) is 0 Å². The van der Waals surface area contributed by atoms with Gasteiger partial charge >= 0.3 is 0 Å². The Morgan fingerprint density at radius 1 is 1.29 bits per heavy atom. The van der Waals surface area contributed by atoms with Gasteiger partial charge in [-0.2, -0.15) is 0 Å². The third-order valence-electron chi connectivity index (χ3n) is 2.73. The number of anilines is 1. The number of piperidine rings is 1. The van der Waals surface area contributed by atoms with Crippen LogP contribution in [-0.4, -0.2) is 24.3 Å². The smallest absolute Gasteiger partial charge is 0.0495 e. The second-order valence-electron chi connectivity index (χ2n) is 3.75. The molecular formula is C11H16N2O. The van der Waals surface area contributed by atoms with Crippen molar-refractivity contribution in [3.05, 3.63) is 30.3 Å². The Bertz CT molecular complexity index is 276. The van der Waals surface area contributed by atoms with E-state index in [2.05, 4.69) is 22.5 Å². The Balaban J connectivity index is 2.04. The van der Waals surface area contributed by atoms with Crippen molar-refractivity contribution >= 4 is 5.69 Å². The Morgan fingerprint density at radius 3 is 2.79 bits per heavy atom. The van der Waals surface area contributed by atoms with Gasteiger partial charge in [0.2, 0.25) is 0 Å². The molecule has 1 atom stereocenters. The predicted octanol–water partition coefficient (Wildman–Crippen LogP) is 1.63. The molecule has 1 aliphatic heterocycles. The van der Waals surface area contributed by atoms with Gasteiger partial charge in [-0.25, -0.2) is 5.48 Å². The van der Waals surface area contributed by atoms with E-state index in [0.29, 0.717) is 0 Å². The van der Waals surface area contributed by atoms with Gasteiger partial charge in [0.1, 0.15) is 0 Å². The molecule has 1 saturated heterocycles. The van der Waals surface area contributed by atoms with Crippen LogP contribution in [0.5, 0.6) is 0 Å². The normalized spacial score (nSPS) is 22.4. The van der Waals surface area contributed by atoms with Gasteiger partial charge in [0.25, 0.3) is 0 Å². The number of para-hydroxylation sites is 1. The Labute approximate surface area is 84.3 Å². The monoisotopic (exact) mass is 192 g/mol. The van der Waals surface area contributed by atoms with Crippen molar-refractivity contribution in [1.29, 1.82) is 0 Å². The molecule has 2 N–H and O–H groups in total. The SMILES string of the molecule is ONC1CCCN(c2ccccc2)C1. The molecule has 0 radical (unpaired) electrons. The van der Waals surface area contributed by atoms with Gasteiger partial charge in [0.15, 0.2) is 0 Å². The van der Waals surface area contributed by atoms with E-state index in [1.165, 1.54) is 5.69 Å².